The fraction of sp³-hybridized carbons (Fsp3) is 0.533. The summed E-state index contributed by atoms with van der Waals surface area (Å²) in [7, 11) is 0. The van der Waals surface area contributed by atoms with Crippen molar-refractivity contribution >= 4 is 5.69 Å². The van der Waals surface area contributed by atoms with Crippen molar-refractivity contribution in [2.75, 3.05) is 13.2 Å². The van der Waals surface area contributed by atoms with Gasteiger partial charge >= 0.3 is 5.69 Å². The molecule has 0 radical (unpaired) electrons. The maximum absolute atomic E-state index is 11.1. The predicted molar refractivity (Wildman–Crippen MR) is 80.1 cm³/mol. The normalized spacial score (nSPS) is 10.1. The summed E-state index contributed by atoms with van der Waals surface area (Å²) in [5.41, 5.74) is 0.859. The van der Waals surface area contributed by atoms with E-state index in [0.717, 1.165) is 24.9 Å². The van der Waals surface area contributed by atoms with Gasteiger partial charge in [-0.1, -0.05) is 13.0 Å². The molecule has 21 heavy (non-hydrogen) atoms. The van der Waals surface area contributed by atoms with Crippen LogP contribution in [-0.2, 0) is 6.54 Å². The van der Waals surface area contributed by atoms with Crippen molar-refractivity contribution in [1.82, 2.24) is 5.32 Å². The Bertz CT molecular complexity index is 497. The van der Waals surface area contributed by atoms with Crippen molar-refractivity contribution < 1.29 is 9.66 Å². The highest BCUT2D eigenvalue weighted by Gasteiger charge is 2.15. The zero-order valence-corrected chi connectivity index (χ0v) is 12.3. The molecule has 0 heterocycles. The number of rotatable bonds is 10. The van der Waals surface area contributed by atoms with E-state index in [2.05, 4.69) is 18.3 Å². The molecule has 6 nitrogen and oxygen atoms in total. The van der Waals surface area contributed by atoms with Crippen molar-refractivity contribution in [2.24, 2.45) is 0 Å². The first-order valence-corrected chi connectivity index (χ1v) is 7.16. The largest absolute Gasteiger partial charge is 0.487 e. The summed E-state index contributed by atoms with van der Waals surface area (Å²) in [6.45, 7) is 3.94. The molecule has 1 aromatic rings. The maximum atomic E-state index is 11.1. The molecule has 0 amide bonds. The Hall–Kier alpha value is -2.13. The Balaban J connectivity index is 2.62. The van der Waals surface area contributed by atoms with Gasteiger partial charge in [-0.2, -0.15) is 5.26 Å². The minimum atomic E-state index is -0.423. The second-order valence-corrected chi connectivity index (χ2v) is 4.70. The number of ether oxygens (including phenoxy) is 1. The highest BCUT2D eigenvalue weighted by Crippen LogP contribution is 2.28. The van der Waals surface area contributed by atoms with E-state index in [1.807, 2.05) is 6.07 Å². The van der Waals surface area contributed by atoms with E-state index >= 15 is 0 Å². The summed E-state index contributed by atoms with van der Waals surface area (Å²) < 4.78 is 5.45. The minimum Gasteiger partial charge on any atom is -0.487 e. The lowest BCUT2D eigenvalue weighted by Crippen LogP contribution is -2.14. The summed E-state index contributed by atoms with van der Waals surface area (Å²) in [6, 6.07) is 7.08. The Morgan fingerprint density at radius 2 is 2.24 bits per heavy atom. The van der Waals surface area contributed by atoms with Gasteiger partial charge in [-0.05, 0) is 37.4 Å². The summed E-state index contributed by atoms with van der Waals surface area (Å²) in [5, 5.41) is 22.7. The van der Waals surface area contributed by atoms with Gasteiger partial charge < -0.3 is 10.1 Å². The van der Waals surface area contributed by atoms with E-state index < -0.39 is 4.92 Å². The summed E-state index contributed by atoms with van der Waals surface area (Å²) >= 11 is 0. The molecule has 0 aliphatic heterocycles. The Kier molecular flexibility index (Phi) is 7.84. The van der Waals surface area contributed by atoms with Crippen molar-refractivity contribution in [1.29, 1.82) is 5.26 Å². The first kappa shape index (κ1) is 16.9. The molecule has 0 saturated carbocycles. The van der Waals surface area contributed by atoms with Crippen LogP contribution in [0.1, 0.15) is 38.2 Å². The number of nitrogens with zero attached hydrogens (tertiary/aromatic N) is 2. The van der Waals surface area contributed by atoms with Crippen LogP contribution in [0.2, 0.25) is 0 Å². The Labute approximate surface area is 124 Å². The predicted octanol–water partition coefficient (Wildman–Crippen LogP) is 3.17. The molecule has 0 aliphatic rings. The molecule has 114 valence electrons. The molecule has 0 fully saturated rings. The number of unbranched alkanes of at least 4 members (excludes halogenated alkanes) is 2. The molecule has 0 aromatic heterocycles. The van der Waals surface area contributed by atoms with Crippen LogP contribution in [0.15, 0.2) is 18.2 Å². The highest BCUT2D eigenvalue weighted by atomic mass is 16.6. The SMILES string of the molecule is CCCNCc1ccc(OCCCCC#N)c([N+](=O)[O-])c1. The average molecular weight is 291 g/mol. The van der Waals surface area contributed by atoms with Crippen LogP contribution in [0, 0.1) is 21.4 Å². The fourth-order valence-electron chi connectivity index (χ4n) is 1.84. The smallest absolute Gasteiger partial charge is 0.311 e. The number of hydrogen-bond donors (Lipinski definition) is 1. The number of nitriles is 1. The molecule has 0 bridgehead atoms. The summed E-state index contributed by atoms with van der Waals surface area (Å²) in [6.07, 6.45) is 2.95. The quantitative estimate of drug-likeness (QED) is 0.406. The number of nitro groups is 1. The third-order valence-electron chi connectivity index (χ3n) is 2.92. The van der Waals surface area contributed by atoms with Crippen molar-refractivity contribution in [3.05, 3.63) is 33.9 Å². The van der Waals surface area contributed by atoms with Gasteiger partial charge in [0.1, 0.15) is 0 Å². The van der Waals surface area contributed by atoms with Gasteiger partial charge in [0.25, 0.3) is 0 Å². The molecular weight excluding hydrogens is 270 g/mol. The van der Waals surface area contributed by atoms with Gasteiger partial charge in [0.15, 0.2) is 5.75 Å². The molecule has 0 aliphatic carbocycles. The molecular formula is C15H21N3O3. The second kappa shape index (κ2) is 9.72. The Morgan fingerprint density at radius 1 is 1.43 bits per heavy atom. The van der Waals surface area contributed by atoms with E-state index in [1.54, 1.807) is 12.1 Å². The van der Waals surface area contributed by atoms with Gasteiger partial charge in [-0.3, -0.25) is 10.1 Å². The van der Waals surface area contributed by atoms with Gasteiger partial charge in [-0.15, -0.1) is 0 Å². The second-order valence-electron chi connectivity index (χ2n) is 4.70. The van der Waals surface area contributed by atoms with Gasteiger partial charge in [0.2, 0.25) is 0 Å². The van der Waals surface area contributed by atoms with E-state index in [4.69, 9.17) is 10.00 Å². The number of nitrogens with one attached hydrogen (secondary N) is 1. The molecule has 0 spiro atoms. The minimum absolute atomic E-state index is 0.00826. The van der Waals surface area contributed by atoms with Crippen LogP contribution in [-0.4, -0.2) is 18.1 Å². The summed E-state index contributed by atoms with van der Waals surface area (Å²) in [5.74, 6) is 0.288. The van der Waals surface area contributed by atoms with Crippen LogP contribution in [0.5, 0.6) is 5.75 Å². The van der Waals surface area contributed by atoms with Gasteiger partial charge in [-0.25, -0.2) is 0 Å². The van der Waals surface area contributed by atoms with E-state index in [9.17, 15) is 10.1 Å². The fourth-order valence-corrected chi connectivity index (χ4v) is 1.84. The van der Waals surface area contributed by atoms with Gasteiger partial charge in [0.05, 0.1) is 17.6 Å². The molecule has 0 saturated heterocycles. The number of nitro benzene ring substituents is 1. The third kappa shape index (κ3) is 6.23. The van der Waals surface area contributed by atoms with E-state index in [-0.39, 0.29) is 11.4 Å². The maximum Gasteiger partial charge on any atom is 0.311 e. The van der Waals surface area contributed by atoms with Crippen LogP contribution in [0.3, 0.4) is 0 Å². The van der Waals surface area contributed by atoms with Crippen LogP contribution >= 0.6 is 0 Å². The van der Waals surface area contributed by atoms with Crippen LogP contribution in [0.4, 0.5) is 5.69 Å². The lowest BCUT2D eigenvalue weighted by atomic mass is 10.2. The standard InChI is InChI=1S/C15H21N3O3/c1-2-9-17-12-13-6-7-15(14(11-13)18(19)20)21-10-5-3-4-8-16/h6-7,11,17H,2-5,9-10,12H2,1H3. The Morgan fingerprint density at radius 3 is 2.90 bits per heavy atom. The lowest BCUT2D eigenvalue weighted by Gasteiger charge is -2.08. The zero-order valence-electron chi connectivity index (χ0n) is 12.3. The summed E-state index contributed by atoms with van der Waals surface area (Å²) in [4.78, 5) is 10.7. The topological polar surface area (TPSA) is 88.2 Å². The molecule has 1 N–H and O–H groups in total. The molecule has 0 unspecified atom stereocenters. The average Bonchev–Trinajstić information content (AvgIpc) is 2.48. The van der Waals surface area contributed by atoms with Crippen LogP contribution < -0.4 is 10.1 Å². The molecule has 1 rings (SSSR count). The van der Waals surface area contributed by atoms with E-state index in [1.165, 1.54) is 0 Å². The monoisotopic (exact) mass is 291 g/mol. The van der Waals surface area contributed by atoms with Crippen molar-refractivity contribution in [3.8, 4) is 11.8 Å². The lowest BCUT2D eigenvalue weighted by molar-refractivity contribution is -0.385. The van der Waals surface area contributed by atoms with Gasteiger partial charge in [0, 0.05) is 19.0 Å². The zero-order chi connectivity index (χ0) is 15.5. The number of benzene rings is 1. The van der Waals surface area contributed by atoms with Crippen molar-refractivity contribution in [3.63, 3.8) is 0 Å². The first-order chi connectivity index (χ1) is 10.2. The molecule has 1 aromatic carbocycles. The highest BCUT2D eigenvalue weighted by molar-refractivity contribution is 5.48. The number of hydrogen-bond acceptors (Lipinski definition) is 5. The molecule has 6 heteroatoms. The van der Waals surface area contributed by atoms with E-state index in [0.29, 0.717) is 26.0 Å². The first-order valence-electron chi connectivity index (χ1n) is 7.16. The third-order valence-corrected chi connectivity index (χ3v) is 2.92. The molecule has 0 atom stereocenters. The van der Waals surface area contributed by atoms with Crippen LogP contribution in [0.25, 0.3) is 0 Å². The van der Waals surface area contributed by atoms with Crippen molar-refractivity contribution in [2.45, 2.75) is 39.2 Å².